The van der Waals surface area contributed by atoms with Crippen molar-refractivity contribution in [3.63, 3.8) is 0 Å². The molecule has 0 aliphatic carbocycles. The standard InChI is InChI=1S/C12H18F3N5O3/c1-7(21)17-9(12(13,14)15)20-6-8(18-19-20)5-16-10(22)23-11(2,3)4/h6,9H,5H2,1-4H3,(H,16,22)(H,17,21). The van der Waals surface area contributed by atoms with E-state index in [1.165, 1.54) is 0 Å². The summed E-state index contributed by atoms with van der Waals surface area (Å²) in [7, 11) is 0. The van der Waals surface area contributed by atoms with Gasteiger partial charge in [0.05, 0.1) is 12.7 Å². The average molecular weight is 337 g/mol. The van der Waals surface area contributed by atoms with Gasteiger partial charge in [0.2, 0.25) is 12.1 Å². The fourth-order valence-electron chi connectivity index (χ4n) is 1.49. The quantitative estimate of drug-likeness (QED) is 0.868. The van der Waals surface area contributed by atoms with Crippen LogP contribution in [0.1, 0.15) is 39.6 Å². The lowest BCUT2D eigenvalue weighted by Crippen LogP contribution is -2.41. The molecular weight excluding hydrogens is 319 g/mol. The first-order chi connectivity index (χ1) is 10.4. The second-order valence-corrected chi connectivity index (χ2v) is 5.69. The molecule has 1 rings (SSSR count). The molecule has 0 aromatic carbocycles. The van der Waals surface area contributed by atoms with Crippen LogP contribution in [0, 0.1) is 0 Å². The van der Waals surface area contributed by atoms with Crippen LogP contribution in [0.2, 0.25) is 0 Å². The molecule has 1 aromatic rings. The van der Waals surface area contributed by atoms with Gasteiger partial charge in [0.15, 0.2) is 0 Å². The Morgan fingerprint density at radius 2 is 1.96 bits per heavy atom. The molecule has 11 heteroatoms. The van der Waals surface area contributed by atoms with Gasteiger partial charge >= 0.3 is 12.3 Å². The molecule has 0 radical (unpaired) electrons. The number of hydrogen-bond acceptors (Lipinski definition) is 5. The number of hydrogen-bond donors (Lipinski definition) is 2. The maximum Gasteiger partial charge on any atom is 0.429 e. The van der Waals surface area contributed by atoms with Gasteiger partial charge in [0, 0.05) is 6.92 Å². The fourth-order valence-corrected chi connectivity index (χ4v) is 1.49. The van der Waals surface area contributed by atoms with Gasteiger partial charge in [0.1, 0.15) is 11.3 Å². The minimum atomic E-state index is -4.74. The molecule has 0 saturated carbocycles. The van der Waals surface area contributed by atoms with Crippen molar-refractivity contribution in [2.45, 2.75) is 52.2 Å². The third-order valence-electron chi connectivity index (χ3n) is 2.29. The summed E-state index contributed by atoms with van der Waals surface area (Å²) in [5, 5.41) is 10.9. The number of carbonyl (C=O) groups excluding carboxylic acids is 2. The van der Waals surface area contributed by atoms with Gasteiger partial charge < -0.3 is 15.4 Å². The van der Waals surface area contributed by atoms with Crippen molar-refractivity contribution in [3.05, 3.63) is 11.9 Å². The van der Waals surface area contributed by atoms with Gasteiger partial charge in [-0.25, -0.2) is 9.48 Å². The first-order valence-electron chi connectivity index (χ1n) is 6.60. The number of nitrogens with one attached hydrogen (secondary N) is 2. The molecule has 8 nitrogen and oxygen atoms in total. The van der Waals surface area contributed by atoms with E-state index in [0.717, 1.165) is 13.1 Å². The van der Waals surface area contributed by atoms with Crippen molar-refractivity contribution in [2.75, 3.05) is 0 Å². The summed E-state index contributed by atoms with van der Waals surface area (Å²) in [6.07, 6.45) is -6.83. The highest BCUT2D eigenvalue weighted by Gasteiger charge is 2.42. The Morgan fingerprint density at radius 1 is 1.35 bits per heavy atom. The van der Waals surface area contributed by atoms with Gasteiger partial charge in [-0.1, -0.05) is 5.21 Å². The molecule has 0 saturated heterocycles. The smallest absolute Gasteiger partial charge is 0.429 e. The van der Waals surface area contributed by atoms with Crippen LogP contribution in [0.25, 0.3) is 0 Å². The number of aromatic nitrogens is 3. The van der Waals surface area contributed by atoms with Crippen LogP contribution >= 0.6 is 0 Å². The highest BCUT2D eigenvalue weighted by Crippen LogP contribution is 2.27. The van der Waals surface area contributed by atoms with Gasteiger partial charge in [0.25, 0.3) is 0 Å². The molecule has 1 unspecified atom stereocenters. The third-order valence-corrected chi connectivity index (χ3v) is 2.29. The maximum atomic E-state index is 12.9. The van der Waals surface area contributed by atoms with Crippen LogP contribution in [0.3, 0.4) is 0 Å². The summed E-state index contributed by atoms with van der Waals surface area (Å²) in [5.41, 5.74) is -0.621. The molecule has 0 spiro atoms. The first kappa shape index (κ1) is 18.7. The predicted molar refractivity (Wildman–Crippen MR) is 72.0 cm³/mol. The summed E-state index contributed by atoms with van der Waals surface area (Å²) in [6, 6.07) is 0. The molecule has 23 heavy (non-hydrogen) atoms. The van der Waals surface area contributed by atoms with E-state index in [1.807, 2.05) is 0 Å². The van der Waals surface area contributed by atoms with Crippen molar-refractivity contribution in [2.24, 2.45) is 0 Å². The molecule has 1 aromatic heterocycles. The molecule has 0 aliphatic rings. The van der Waals surface area contributed by atoms with Crippen LogP contribution in [-0.2, 0) is 16.1 Å². The Kier molecular flexibility index (Phi) is 5.56. The maximum absolute atomic E-state index is 12.9. The minimum Gasteiger partial charge on any atom is -0.444 e. The summed E-state index contributed by atoms with van der Waals surface area (Å²) >= 11 is 0. The molecular formula is C12H18F3N5O3. The molecule has 1 atom stereocenters. The van der Waals surface area contributed by atoms with E-state index in [1.54, 1.807) is 26.1 Å². The van der Waals surface area contributed by atoms with Crippen molar-refractivity contribution in [3.8, 4) is 0 Å². The molecule has 0 bridgehead atoms. The summed E-state index contributed by atoms with van der Waals surface area (Å²) in [5.74, 6) is -0.865. The van der Waals surface area contributed by atoms with Crippen molar-refractivity contribution >= 4 is 12.0 Å². The number of amides is 2. The van der Waals surface area contributed by atoms with Crippen molar-refractivity contribution < 1.29 is 27.5 Å². The number of alkyl halides is 3. The van der Waals surface area contributed by atoms with Crippen LogP contribution in [0.5, 0.6) is 0 Å². The lowest BCUT2D eigenvalue weighted by atomic mass is 10.2. The normalized spacial score (nSPS) is 13.3. The first-order valence-corrected chi connectivity index (χ1v) is 6.60. The second kappa shape index (κ2) is 6.84. The van der Waals surface area contributed by atoms with E-state index in [-0.39, 0.29) is 12.2 Å². The van der Waals surface area contributed by atoms with Gasteiger partial charge in [-0.15, -0.1) is 5.10 Å². The van der Waals surface area contributed by atoms with E-state index in [0.29, 0.717) is 4.68 Å². The minimum absolute atomic E-state index is 0.0791. The summed E-state index contributed by atoms with van der Waals surface area (Å²) in [6.45, 7) is 5.80. The number of nitrogens with zero attached hydrogens (tertiary/aromatic N) is 3. The number of halogens is 3. The highest BCUT2D eigenvalue weighted by molar-refractivity contribution is 5.73. The largest absolute Gasteiger partial charge is 0.444 e. The molecule has 1 heterocycles. The van der Waals surface area contributed by atoms with Crippen molar-refractivity contribution in [1.82, 2.24) is 25.6 Å². The lowest BCUT2D eigenvalue weighted by Gasteiger charge is -2.20. The topological polar surface area (TPSA) is 98.1 Å². The van der Waals surface area contributed by atoms with Gasteiger partial charge in [-0.3, -0.25) is 4.79 Å². The Balaban J connectivity index is 2.72. The van der Waals surface area contributed by atoms with E-state index in [2.05, 4.69) is 15.6 Å². The summed E-state index contributed by atoms with van der Waals surface area (Å²) in [4.78, 5) is 22.3. The van der Waals surface area contributed by atoms with E-state index in [9.17, 15) is 22.8 Å². The zero-order valence-electron chi connectivity index (χ0n) is 13.1. The van der Waals surface area contributed by atoms with Crippen LogP contribution < -0.4 is 10.6 Å². The Hall–Kier alpha value is -2.33. The zero-order valence-corrected chi connectivity index (χ0v) is 13.1. The van der Waals surface area contributed by atoms with Gasteiger partial charge in [-0.2, -0.15) is 13.2 Å². The molecule has 0 fully saturated rings. The third kappa shape index (κ3) is 6.53. The second-order valence-electron chi connectivity index (χ2n) is 5.69. The number of carbonyl (C=O) groups is 2. The van der Waals surface area contributed by atoms with Crippen LogP contribution in [0.4, 0.5) is 18.0 Å². The molecule has 0 aliphatic heterocycles. The summed E-state index contributed by atoms with van der Waals surface area (Å²) < 4.78 is 44.1. The molecule has 130 valence electrons. The number of ether oxygens (including phenoxy) is 1. The Morgan fingerprint density at radius 3 is 2.43 bits per heavy atom. The molecule has 2 N–H and O–H groups in total. The van der Waals surface area contributed by atoms with E-state index < -0.39 is 29.9 Å². The highest BCUT2D eigenvalue weighted by atomic mass is 19.4. The molecule has 2 amide bonds. The average Bonchev–Trinajstić information content (AvgIpc) is 2.78. The van der Waals surface area contributed by atoms with Crippen LogP contribution in [-0.4, -0.2) is 38.8 Å². The number of rotatable bonds is 4. The zero-order chi connectivity index (χ0) is 17.8. The lowest BCUT2D eigenvalue weighted by molar-refractivity contribution is -0.181. The van der Waals surface area contributed by atoms with E-state index in [4.69, 9.17) is 4.74 Å². The Labute approximate surface area is 130 Å². The SMILES string of the molecule is CC(=O)NC(n1cc(CNC(=O)OC(C)(C)C)nn1)C(F)(F)F. The van der Waals surface area contributed by atoms with Crippen LogP contribution in [0.15, 0.2) is 6.20 Å². The Bertz CT molecular complexity index is 565. The fraction of sp³-hybridized carbons (Fsp3) is 0.667. The monoisotopic (exact) mass is 337 g/mol. The number of alkyl carbamates (subject to hydrolysis) is 1. The van der Waals surface area contributed by atoms with Crippen molar-refractivity contribution in [1.29, 1.82) is 0 Å². The van der Waals surface area contributed by atoms with Gasteiger partial charge in [-0.05, 0) is 20.8 Å². The van der Waals surface area contributed by atoms with E-state index >= 15 is 0 Å². The predicted octanol–water partition coefficient (Wildman–Crippen LogP) is 1.50.